The minimum atomic E-state index is -0.314. The molecule has 0 aliphatic carbocycles. The van der Waals surface area contributed by atoms with Gasteiger partial charge in [0.1, 0.15) is 5.15 Å². The van der Waals surface area contributed by atoms with Gasteiger partial charge in [-0.15, -0.1) is 0 Å². The molecule has 0 aromatic carbocycles. The highest BCUT2D eigenvalue weighted by Gasteiger charge is 2.21. The van der Waals surface area contributed by atoms with Gasteiger partial charge in [0.05, 0.1) is 23.6 Å². The van der Waals surface area contributed by atoms with Gasteiger partial charge in [0.15, 0.2) is 5.82 Å². The topological polar surface area (TPSA) is 70.5 Å². The molecule has 4 rings (SSSR count). The number of hydrogen-bond donors (Lipinski definition) is 0. The fourth-order valence-corrected chi connectivity index (χ4v) is 3.19. The lowest BCUT2D eigenvalue weighted by Gasteiger charge is -2.12. The predicted octanol–water partition coefficient (Wildman–Crippen LogP) is 3.32. The molecule has 0 amide bonds. The number of nitrogens with zero attached hydrogens (tertiary/aromatic N) is 6. The maximum atomic E-state index is 12.7. The van der Waals surface area contributed by atoms with Crippen molar-refractivity contribution in [2.24, 2.45) is 0 Å². The average Bonchev–Trinajstić information content (AvgIpc) is 3.17. The molecule has 138 valence electrons. The molecule has 0 atom stereocenters. The summed E-state index contributed by atoms with van der Waals surface area (Å²) in [5.41, 5.74) is 2.95. The van der Waals surface area contributed by atoms with Crippen molar-refractivity contribution in [2.45, 2.75) is 33.4 Å². The van der Waals surface area contributed by atoms with Crippen LogP contribution in [0.15, 0.2) is 47.7 Å². The van der Waals surface area contributed by atoms with Crippen molar-refractivity contribution < 1.29 is 0 Å². The van der Waals surface area contributed by atoms with E-state index in [4.69, 9.17) is 11.6 Å². The maximum absolute atomic E-state index is 12.7. The smallest absolute Gasteiger partial charge is 0.327 e. The second-order valence-corrected chi connectivity index (χ2v) is 7.12. The van der Waals surface area contributed by atoms with E-state index in [0.717, 1.165) is 22.6 Å². The molecule has 4 heterocycles. The number of pyridine rings is 2. The Morgan fingerprint density at radius 1 is 1.22 bits per heavy atom. The Bertz CT molecular complexity index is 1120. The zero-order chi connectivity index (χ0) is 19.1. The SMILES string of the molecule is Cc1nn(C(C)C)cc1-n1c2cccn(Cc3ccc(Cl)nc3)c-2nc1=O. The van der Waals surface area contributed by atoms with E-state index < -0.39 is 0 Å². The molecule has 0 spiro atoms. The molecule has 2 aromatic rings. The van der Waals surface area contributed by atoms with Gasteiger partial charge in [0.2, 0.25) is 0 Å². The molecule has 0 saturated carbocycles. The van der Waals surface area contributed by atoms with Crippen LogP contribution in [0.25, 0.3) is 17.2 Å². The zero-order valence-electron chi connectivity index (χ0n) is 15.3. The van der Waals surface area contributed by atoms with Crippen LogP contribution in [0.5, 0.6) is 0 Å². The van der Waals surface area contributed by atoms with Crippen molar-refractivity contribution in [1.82, 2.24) is 28.9 Å². The van der Waals surface area contributed by atoms with Crippen molar-refractivity contribution in [2.75, 3.05) is 0 Å². The lowest BCUT2D eigenvalue weighted by Crippen LogP contribution is -2.14. The number of imidazole rings is 1. The summed E-state index contributed by atoms with van der Waals surface area (Å²) in [5, 5.41) is 4.96. The maximum Gasteiger partial charge on any atom is 0.354 e. The van der Waals surface area contributed by atoms with E-state index in [9.17, 15) is 4.79 Å². The molecular weight excluding hydrogens is 364 g/mol. The van der Waals surface area contributed by atoms with Crippen LogP contribution in [0.3, 0.4) is 0 Å². The van der Waals surface area contributed by atoms with Crippen molar-refractivity contribution in [1.29, 1.82) is 0 Å². The summed E-state index contributed by atoms with van der Waals surface area (Å²) in [6, 6.07) is 7.67. The summed E-state index contributed by atoms with van der Waals surface area (Å²) in [6.45, 7) is 6.54. The normalized spacial score (nSPS) is 11.6. The van der Waals surface area contributed by atoms with Gasteiger partial charge in [-0.2, -0.15) is 10.1 Å². The molecule has 2 aromatic heterocycles. The van der Waals surface area contributed by atoms with E-state index in [2.05, 4.69) is 28.9 Å². The lowest BCUT2D eigenvalue weighted by molar-refractivity contribution is 0.529. The van der Waals surface area contributed by atoms with Gasteiger partial charge in [0, 0.05) is 24.6 Å². The Hall–Kier alpha value is -2.93. The third kappa shape index (κ3) is 3.14. The summed E-state index contributed by atoms with van der Waals surface area (Å²) >= 11 is 5.86. The molecule has 2 aliphatic rings. The van der Waals surface area contributed by atoms with E-state index in [1.807, 2.05) is 46.8 Å². The number of aromatic nitrogens is 6. The van der Waals surface area contributed by atoms with Gasteiger partial charge in [-0.3, -0.25) is 9.25 Å². The summed E-state index contributed by atoms with van der Waals surface area (Å²) in [6.07, 6.45) is 5.52. The second kappa shape index (κ2) is 6.66. The van der Waals surface area contributed by atoms with Gasteiger partial charge in [0.25, 0.3) is 0 Å². The molecule has 0 fully saturated rings. The molecular formula is C19H19ClN6O. The van der Waals surface area contributed by atoms with Crippen LogP contribution in [0.2, 0.25) is 5.15 Å². The molecule has 0 unspecified atom stereocenters. The minimum absolute atomic E-state index is 0.213. The first-order valence-corrected chi connectivity index (χ1v) is 9.06. The lowest BCUT2D eigenvalue weighted by atomic mass is 10.2. The Balaban J connectivity index is 1.79. The second-order valence-electron chi connectivity index (χ2n) is 6.74. The van der Waals surface area contributed by atoms with Crippen LogP contribution in [-0.4, -0.2) is 28.9 Å². The number of rotatable bonds is 4. The summed E-state index contributed by atoms with van der Waals surface area (Å²) in [4.78, 5) is 21.1. The molecule has 0 radical (unpaired) electrons. The van der Waals surface area contributed by atoms with Gasteiger partial charge in [-0.05, 0) is 44.5 Å². The monoisotopic (exact) mass is 382 g/mol. The van der Waals surface area contributed by atoms with E-state index in [1.165, 1.54) is 0 Å². The fraction of sp³-hybridized carbons (Fsp3) is 0.263. The summed E-state index contributed by atoms with van der Waals surface area (Å²) < 4.78 is 5.40. The Labute approximate surface area is 161 Å². The number of halogens is 1. The molecule has 0 saturated heterocycles. The first-order valence-electron chi connectivity index (χ1n) is 8.68. The number of hydrogen-bond acceptors (Lipinski definition) is 4. The average molecular weight is 383 g/mol. The Kier molecular flexibility index (Phi) is 4.31. The van der Waals surface area contributed by atoms with E-state index >= 15 is 0 Å². The zero-order valence-corrected chi connectivity index (χ0v) is 16.1. The molecule has 0 bridgehead atoms. The third-order valence-electron chi connectivity index (χ3n) is 4.46. The van der Waals surface area contributed by atoms with Gasteiger partial charge < -0.3 is 4.57 Å². The minimum Gasteiger partial charge on any atom is -0.327 e. The Morgan fingerprint density at radius 3 is 2.70 bits per heavy atom. The fourth-order valence-electron chi connectivity index (χ4n) is 3.08. The molecule has 27 heavy (non-hydrogen) atoms. The summed E-state index contributed by atoms with van der Waals surface area (Å²) in [7, 11) is 0. The van der Waals surface area contributed by atoms with Gasteiger partial charge >= 0.3 is 5.69 Å². The highest BCUT2D eigenvalue weighted by Crippen LogP contribution is 2.24. The van der Waals surface area contributed by atoms with Gasteiger partial charge in [-0.25, -0.2) is 9.78 Å². The van der Waals surface area contributed by atoms with Crippen LogP contribution in [-0.2, 0) is 6.54 Å². The van der Waals surface area contributed by atoms with Crippen molar-refractivity contribution in [3.63, 3.8) is 0 Å². The van der Waals surface area contributed by atoms with Crippen LogP contribution in [0.1, 0.15) is 31.1 Å². The standard InChI is InChI=1S/C19H19ClN6O/c1-12(2)25-11-16(13(3)23-25)26-15-5-4-8-24(18(15)22-19(26)27)10-14-6-7-17(20)21-9-14/h4-9,11-12H,10H2,1-3H3. The first kappa shape index (κ1) is 17.5. The van der Waals surface area contributed by atoms with E-state index in [1.54, 1.807) is 16.8 Å². The van der Waals surface area contributed by atoms with Crippen LogP contribution in [0.4, 0.5) is 0 Å². The van der Waals surface area contributed by atoms with Crippen LogP contribution in [0, 0.1) is 6.92 Å². The molecule has 0 N–H and O–H groups in total. The highest BCUT2D eigenvalue weighted by atomic mass is 35.5. The van der Waals surface area contributed by atoms with Crippen LogP contribution >= 0.6 is 11.6 Å². The molecule has 8 heteroatoms. The van der Waals surface area contributed by atoms with Crippen molar-refractivity contribution in [3.05, 3.63) is 69.8 Å². The Morgan fingerprint density at radius 2 is 2.04 bits per heavy atom. The quantitative estimate of drug-likeness (QED) is 0.507. The van der Waals surface area contributed by atoms with Crippen molar-refractivity contribution in [3.8, 4) is 17.2 Å². The number of fused-ring (bicyclic) bond motifs is 1. The van der Waals surface area contributed by atoms with Crippen molar-refractivity contribution >= 4 is 11.6 Å². The highest BCUT2D eigenvalue weighted by molar-refractivity contribution is 6.29. The molecule has 7 nitrogen and oxygen atoms in total. The predicted molar refractivity (Wildman–Crippen MR) is 104 cm³/mol. The largest absolute Gasteiger partial charge is 0.354 e. The molecule has 2 aliphatic heterocycles. The third-order valence-corrected chi connectivity index (χ3v) is 4.68. The van der Waals surface area contributed by atoms with E-state index in [-0.39, 0.29) is 11.7 Å². The first-order chi connectivity index (χ1) is 12.9. The van der Waals surface area contributed by atoms with Crippen LogP contribution < -0.4 is 5.69 Å². The number of aryl methyl sites for hydroxylation is 1. The summed E-state index contributed by atoms with van der Waals surface area (Å²) in [5.74, 6) is 0.620. The van der Waals surface area contributed by atoms with Gasteiger partial charge in [-0.1, -0.05) is 17.7 Å². The van der Waals surface area contributed by atoms with E-state index in [0.29, 0.717) is 17.5 Å².